The molecule has 1 aromatic carbocycles. The van der Waals surface area contributed by atoms with Gasteiger partial charge in [0.25, 0.3) is 0 Å². The van der Waals surface area contributed by atoms with E-state index in [4.69, 9.17) is 0 Å². The van der Waals surface area contributed by atoms with E-state index >= 15 is 0 Å². The molecule has 0 spiro atoms. The Labute approximate surface area is 124 Å². The van der Waals surface area contributed by atoms with Crippen molar-refractivity contribution in [2.24, 2.45) is 0 Å². The molecule has 5 heteroatoms. The molecule has 1 atom stereocenters. The minimum atomic E-state index is -0.330. The standard InChI is InChI=1S/C16H19N3O2/c1-10-7-11(2)17-15(8-10)19-16(21)18-12(3)13-5-4-6-14(20)9-13/h4-9,12,20H,1-3H3,(H2,17,18,19,21). The number of hydrogen-bond donors (Lipinski definition) is 3. The van der Waals surface area contributed by atoms with E-state index in [0.717, 1.165) is 16.8 Å². The molecule has 0 saturated heterocycles. The topological polar surface area (TPSA) is 74.2 Å². The van der Waals surface area contributed by atoms with Gasteiger partial charge in [0.1, 0.15) is 11.6 Å². The average molecular weight is 285 g/mol. The van der Waals surface area contributed by atoms with Crippen LogP contribution >= 0.6 is 0 Å². The van der Waals surface area contributed by atoms with Gasteiger partial charge >= 0.3 is 6.03 Å². The lowest BCUT2D eigenvalue weighted by Gasteiger charge is -2.15. The zero-order valence-electron chi connectivity index (χ0n) is 12.3. The number of pyridine rings is 1. The summed E-state index contributed by atoms with van der Waals surface area (Å²) in [4.78, 5) is 16.2. The lowest BCUT2D eigenvalue weighted by molar-refractivity contribution is 0.249. The molecule has 110 valence electrons. The number of aromatic hydroxyl groups is 1. The highest BCUT2D eigenvalue weighted by Gasteiger charge is 2.10. The summed E-state index contributed by atoms with van der Waals surface area (Å²) in [5.74, 6) is 0.700. The normalized spacial score (nSPS) is 11.8. The number of anilines is 1. The number of carbonyl (C=O) groups excluding carboxylic acids is 1. The van der Waals surface area contributed by atoms with Crippen molar-refractivity contribution >= 4 is 11.8 Å². The van der Waals surface area contributed by atoms with Crippen LogP contribution in [-0.2, 0) is 0 Å². The molecule has 0 aliphatic heterocycles. The Balaban J connectivity index is 2.01. The summed E-state index contributed by atoms with van der Waals surface area (Å²) in [5, 5.41) is 15.0. The number of amides is 2. The Bertz CT molecular complexity index is 635. The van der Waals surface area contributed by atoms with E-state index in [0.29, 0.717) is 5.82 Å². The molecule has 1 aromatic heterocycles. The molecule has 1 heterocycles. The predicted octanol–water partition coefficient (Wildman–Crippen LogP) is 3.29. The van der Waals surface area contributed by atoms with Gasteiger partial charge in [-0.3, -0.25) is 5.32 Å². The van der Waals surface area contributed by atoms with Crippen LogP contribution in [0.5, 0.6) is 5.75 Å². The molecule has 2 rings (SSSR count). The van der Waals surface area contributed by atoms with Gasteiger partial charge in [0.2, 0.25) is 0 Å². The second-order valence-electron chi connectivity index (χ2n) is 5.09. The van der Waals surface area contributed by atoms with Crippen LogP contribution in [-0.4, -0.2) is 16.1 Å². The lowest BCUT2D eigenvalue weighted by atomic mass is 10.1. The third-order valence-electron chi connectivity index (χ3n) is 3.06. The van der Waals surface area contributed by atoms with Gasteiger partial charge in [-0.05, 0) is 56.2 Å². The van der Waals surface area contributed by atoms with Crippen LogP contribution in [0.2, 0.25) is 0 Å². The van der Waals surface area contributed by atoms with Crippen LogP contribution in [0, 0.1) is 13.8 Å². The van der Waals surface area contributed by atoms with Crippen molar-refractivity contribution < 1.29 is 9.90 Å². The van der Waals surface area contributed by atoms with Crippen LogP contribution in [0.1, 0.15) is 29.8 Å². The number of phenols is 1. The number of nitrogens with one attached hydrogen (secondary N) is 2. The summed E-state index contributed by atoms with van der Waals surface area (Å²) in [6.45, 7) is 5.68. The zero-order chi connectivity index (χ0) is 15.4. The molecule has 0 bridgehead atoms. The zero-order valence-corrected chi connectivity index (χ0v) is 12.3. The number of hydrogen-bond acceptors (Lipinski definition) is 3. The number of nitrogens with zero attached hydrogens (tertiary/aromatic N) is 1. The van der Waals surface area contributed by atoms with E-state index in [-0.39, 0.29) is 17.8 Å². The Morgan fingerprint density at radius 3 is 2.67 bits per heavy atom. The van der Waals surface area contributed by atoms with Crippen LogP contribution in [0.4, 0.5) is 10.6 Å². The number of aryl methyl sites for hydroxylation is 2. The monoisotopic (exact) mass is 285 g/mol. The lowest BCUT2D eigenvalue weighted by Crippen LogP contribution is -2.31. The van der Waals surface area contributed by atoms with E-state index in [1.54, 1.807) is 18.2 Å². The quantitative estimate of drug-likeness (QED) is 0.810. The number of benzene rings is 1. The van der Waals surface area contributed by atoms with Gasteiger partial charge in [0.05, 0.1) is 6.04 Å². The Morgan fingerprint density at radius 1 is 1.24 bits per heavy atom. The number of rotatable bonds is 3. The van der Waals surface area contributed by atoms with Crippen molar-refractivity contribution in [3.63, 3.8) is 0 Å². The Kier molecular flexibility index (Phi) is 4.42. The average Bonchev–Trinajstić information content (AvgIpc) is 2.37. The third-order valence-corrected chi connectivity index (χ3v) is 3.06. The fourth-order valence-corrected chi connectivity index (χ4v) is 2.13. The number of phenolic OH excluding ortho intramolecular Hbond substituents is 1. The van der Waals surface area contributed by atoms with Crippen molar-refractivity contribution in [3.8, 4) is 5.75 Å². The first-order valence-electron chi connectivity index (χ1n) is 6.76. The third kappa shape index (κ3) is 4.21. The number of aromatic nitrogens is 1. The van der Waals surface area contributed by atoms with Gasteiger partial charge < -0.3 is 10.4 Å². The highest BCUT2D eigenvalue weighted by atomic mass is 16.3. The first kappa shape index (κ1) is 14.8. The van der Waals surface area contributed by atoms with Crippen LogP contribution < -0.4 is 10.6 Å². The highest BCUT2D eigenvalue weighted by Crippen LogP contribution is 2.18. The molecule has 1 unspecified atom stereocenters. The van der Waals surface area contributed by atoms with Gasteiger partial charge in [0, 0.05) is 5.69 Å². The summed E-state index contributed by atoms with van der Waals surface area (Å²) >= 11 is 0. The molecular weight excluding hydrogens is 266 g/mol. The fraction of sp³-hybridized carbons (Fsp3) is 0.250. The second kappa shape index (κ2) is 6.26. The molecule has 5 nitrogen and oxygen atoms in total. The van der Waals surface area contributed by atoms with Crippen molar-refractivity contribution in [2.75, 3.05) is 5.32 Å². The Hall–Kier alpha value is -2.56. The van der Waals surface area contributed by atoms with Gasteiger partial charge in [0.15, 0.2) is 0 Å². The molecule has 21 heavy (non-hydrogen) atoms. The second-order valence-corrected chi connectivity index (χ2v) is 5.09. The molecular formula is C16H19N3O2. The van der Waals surface area contributed by atoms with Crippen molar-refractivity contribution in [1.82, 2.24) is 10.3 Å². The van der Waals surface area contributed by atoms with E-state index in [1.165, 1.54) is 0 Å². The van der Waals surface area contributed by atoms with E-state index in [2.05, 4.69) is 15.6 Å². The molecule has 0 radical (unpaired) electrons. The molecule has 0 fully saturated rings. The first-order chi connectivity index (χ1) is 9.94. The SMILES string of the molecule is Cc1cc(C)nc(NC(=O)NC(C)c2cccc(O)c2)c1. The maximum Gasteiger partial charge on any atom is 0.320 e. The summed E-state index contributed by atoms with van der Waals surface area (Å²) < 4.78 is 0. The smallest absolute Gasteiger partial charge is 0.320 e. The fourth-order valence-electron chi connectivity index (χ4n) is 2.13. The first-order valence-corrected chi connectivity index (χ1v) is 6.76. The Morgan fingerprint density at radius 2 is 2.00 bits per heavy atom. The molecule has 0 saturated carbocycles. The van der Waals surface area contributed by atoms with E-state index in [1.807, 2.05) is 39.0 Å². The van der Waals surface area contributed by atoms with Crippen molar-refractivity contribution in [2.45, 2.75) is 26.8 Å². The highest BCUT2D eigenvalue weighted by molar-refractivity contribution is 5.88. The van der Waals surface area contributed by atoms with Crippen LogP contribution in [0.25, 0.3) is 0 Å². The molecule has 2 amide bonds. The van der Waals surface area contributed by atoms with Gasteiger partial charge in [-0.1, -0.05) is 12.1 Å². The number of carbonyl (C=O) groups is 1. The maximum absolute atomic E-state index is 12.0. The minimum Gasteiger partial charge on any atom is -0.508 e. The largest absolute Gasteiger partial charge is 0.508 e. The summed E-state index contributed by atoms with van der Waals surface area (Å²) in [6.07, 6.45) is 0. The van der Waals surface area contributed by atoms with Gasteiger partial charge in [-0.2, -0.15) is 0 Å². The van der Waals surface area contributed by atoms with E-state index < -0.39 is 0 Å². The minimum absolute atomic E-state index is 0.178. The molecule has 0 aliphatic carbocycles. The van der Waals surface area contributed by atoms with E-state index in [9.17, 15) is 9.90 Å². The maximum atomic E-state index is 12.0. The summed E-state index contributed by atoms with van der Waals surface area (Å²) in [7, 11) is 0. The van der Waals surface area contributed by atoms with Crippen LogP contribution in [0.15, 0.2) is 36.4 Å². The molecule has 3 N–H and O–H groups in total. The number of urea groups is 1. The predicted molar refractivity (Wildman–Crippen MR) is 82.4 cm³/mol. The molecule has 2 aromatic rings. The van der Waals surface area contributed by atoms with Gasteiger partial charge in [-0.15, -0.1) is 0 Å². The van der Waals surface area contributed by atoms with Crippen LogP contribution in [0.3, 0.4) is 0 Å². The van der Waals surface area contributed by atoms with Crippen molar-refractivity contribution in [3.05, 3.63) is 53.2 Å². The summed E-state index contributed by atoms with van der Waals surface area (Å²) in [6, 6.07) is 10.0. The summed E-state index contributed by atoms with van der Waals surface area (Å²) in [5.41, 5.74) is 2.73. The van der Waals surface area contributed by atoms with Gasteiger partial charge in [-0.25, -0.2) is 9.78 Å². The molecule has 0 aliphatic rings. The van der Waals surface area contributed by atoms with Crippen molar-refractivity contribution in [1.29, 1.82) is 0 Å².